The summed E-state index contributed by atoms with van der Waals surface area (Å²) in [5.74, 6) is 0. The van der Waals surface area contributed by atoms with Gasteiger partial charge in [0.05, 0.1) is 16.7 Å². The number of hydrogen-bond acceptors (Lipinski definition) is 2. The lowest BCUT2D eigenvalue weighted by molar-refractivity contribution is 1.20. The fourth-order valence-electron chi connectivity index (χ4n) is 8.39. The zero-order valence-corrected chi connectivity index (χ0v) is 29.6. The van der Waals surface area contributed by atoms with E-state index >= 15 is 0 Å². The van der Waals surface area contributed by atoms with Gasteiger partial charge in [-0.05, 0) is 82.6 Å². The van der Waals surface area contributed by atoms with Crippen molar-refractivity contribution >= 4 is 91.9 Å². The van der Waals surface area contributed by atoms with Gasteiger partial charge in [-0.3, -0.25) is 0 Å². The summed E-state index contributed by atoms with van der Waals surface area (Å²) in [7, 11) is 0. The molecular weight excluding hydrogens is 661 g/mol. The molecule has 11 rings (SSSR count). The highest BCUT2D eigenvalue weighted by atomic mass is 32.1. The van der Waals surface area contributed by atoms with E-state index in [1.165, 1.54) is 80.3 Å². The van der Waals surface area contributed by atoms with Crippen molar-refractivity contribution in [3.05, 3.63) is 194 Å². The van der Waals surface area contributed by atoms with Crippen molar-refractivity contribution in [2.75, 3.05) is 4.90 Å². The van der Waals surface area contributed by atoms with Crippen molar-refractivity contribution < 1.29 is 0 Å². The molecule has 0 aliphatic carbocycles. The van der Waals surface area contributed by atoms with Gasteiger partial charge in [-0.2, -0.15) is 0 Å². The number of anilines is 3. The normalized spacial score (nSPS) is 11.8. The largest absolute Gasteiger partial charge is 0.310 e. The van der Waals surface area contributed by atoms with Crippen LogP contribution in [0.1, 0.15) is 0 Å². The second-order valence-corrected chi connectivity index (χ2v) is 14.8. The second kappa shape index (κ2) is 11.9. The van der Waals surface area contributed by atoms with E-state index in [4.69, 9.17) is 0 Å². The Bertz CT molecular complexity index is 3170. The van der Waals surface area contributed by atoms with Gasteiger partial charge in [-0.25, -0.2) is 0 Å². The smallest absolute Gasteiger partial charge is 0.0625 e. The zero-order valence-electron chi connectivity index (χ0n) is 28.8. The summed E-state index contributed by atoms with van der Waals surface area (Å²) < 4.78 is 5.12. The van der Waals surface area contributed by atoms with E-state index in [0.29, 0.717) is 0 Å². The Labute approximate surface area is 311 Å². The molecule has 0 spiro atoms. The Morgan fingerprint density at radius 3 is 1.89 bits per heavy atom. The Balaban J connectivity index is 1.26. The van der Waals surface area contributed by atoms with Crippen molar-refractivity contribution in [3.63, 3.8) is 0 Å². The standard InChI is InChI=1S/C50H32N2S/c1-3-14-34(15-4-1)43-30-35-17-8-10-22-40(35)50-49(43)44-31-37(27-29-46(44)52(50)45-24-13-18-33-16-7-9-21-39(33)45)51(36-19-5-2-6-20-36)38-26-28-42-41-23-11-12-25-47(41)53-48(42)32-38/h1-32H. The first kappa shape index (κ1) is 30.0. The summed E-state index contributed by atoms with van der Waals surface area (Å²) in [6.07, 6.45) is 0. The molecular formula is C50H32N2S. The van der Waals surface area contributed by atoms with E-state index in [1.807, 2.05) is 11.3 Å². The molecule has 2 heterocycles. The first-order valence-electron chi connectivity index (χ1n) is 18.1. The fourth-order valence-corrected chi connectivity index (χ4v) is 9.53. The fraction of sp³-hybridized carbons (Fsp3) is 0. The minimum Gasteiger partial charge on any atom is -0.310 e. The first-order chi connectivity index (χ1) is 26.3. The third-order valence-corrected chi connectivity index (χ3v) is 11.9. The molecule has 0 amide bonds. The molecule has 0 unspecified atom stereocenters. The molecule has 0 saturated carbocycles. The molecule has 0 atom stereocenters. The molecule has 3 heteroatoms. The van der Waals surface area contributed by atoms with Gasteiger partial charge >= 0.3 is 0 Å². The third kappa shape index (κ3) is 4.71. The van der Waals surface area contributed by atoms with E-state index in [1.54, 1.807) is 0 Å². The average Bonchev–Trinajstić information content (AvgIpc) is 3.77. The van der Waals surface area contributed by atoms with Crippen LogP contribution in [0.4, 0.5) is 17.1 Å². The van der Waals surface area contributed by atoms with Gasteiger partial charge < -0.3 is 9.47 Å². The maximum absolute atomic E-state index is 2.52. The van der Waals surface area contributed by atoms with Crippen LogP contribution in [0, 0.1) is 0 Å². The molecule has 0 aliphatic heterocycles. The SMILES string of the molecule is c1ccc(-c2cc3ccccc3c3c2c2cc(N(c4ccccc4)c4ccc5c(c4)sc4ccccc45)ccc2n3-c2cccc3ccccc23)cc1. The Morgan fingerprint density at radius 2 is 1.04 bits per heavy atom. The van der Waals surface area contributed by atoms with Gasteiger partial charge in [0.1, 0.15) is 0 Å². The Morgan fingerprint density at radius 1 is 0.396 bits per heavy atom. The highest BCUT2D eigenvalue weighted by molar-refractivity contribution is 7.25. The second-order valence-electron chi connectivity index (χ2n) is 13.7. The van der Waals surface area contributed by atoms with Crippen molar-refractivity contribution in [2.24, 2.45) is 0 Å². The molecule has 2 nitrogen and oxygen atoms in total. The number of fused-ring (bicyclic) bond motifs is 9. The molecule has 0 bridgehead atoms. The quantitative estimate of drug-likeness (QED) is 0.174. The minimum atomic E-state index is 1.12. The average molecular weight is 693 g/mol. The Hall–Kier alpha value is -6.68. The lowest BCUT2D eigenvalue weighted by atomic mass is 9.95. The molecule has 0 N–H and O–H groups in total. The molecule has 53 heavy (non-hydrogen) atoms. The van der Waals surface area contributed by atoms with Crippen molar-refractivity contribution in [1.82, 2.24) is 4.57 Å². The molecule has 0 aliphatic rings. The number of rotatable bonds is 5. The van der Waals surface area contributed by atoms with Crippen LogP contribution in [0.2, 0.25) is 0 Å². The number of benzene rings is 9. The van der Waals surface area contributed by atoms with E-state index in [2.05, 4.69) is 204 Å². The van der Waals surface area contributed by atoms with Crippen LogP contribution < -0.4 is 4.90 Å². The minimum absolute atomic E-state index is 1.12. The zero-order chi connectivity index (χ0) is 34.9. The summed E-state index contributed by atoms with van der Waals surface area (Å²) in [5.41, 5.74) is 9.42. The molecule has 9 aromatic carbocycles. The van der Waals surface area contributed by atoms with Crippen molar-refractivity contribution in [2.45, 2.75) is 0 Å². The van der Waals surface area contributed by atoms with E-state index in [-0.39, 0.29) is 0 Å². The lowest BCUT2D eigenvalue weighted by Gasteiger charge is -2.26. The van der Waals surface area contributed by atoms with Crippen LogP contribution >= 0.6 is 11.3 Å². The number of aromatic nitrogens is 1. The molecule has 11 aromatic rings. The van der Waals surface area contributed by atoms with E-state index < -0.39 is 0 Å². The molecule has 0 saturated heterocycles. The first-order valence-corrected chi connectivity index (χ1v) is 18.9. The van der Waals surface area contributed by atoms with Gasteiger partial charge in [0.15, 0.2) is 0 Å². The number of hydrogen-bond donors (Lipinski definition) is 0. The predicted octanol–water partition coefficient (Wildman–Crippen LogP) is 14.6. The summed E-state index contributed by atoms with van der Waals surface area (Å²) >= 11 is 1.86. The van der Waals surface area contributed by atoms with Crippen molar-refractivity contribution in [1.29, 1.82) is 0 Å². The van der Waals surface area contributed by atoms with Crippen LogP contribution in [0.5, 0.6) is 0 Å². The van der Waals surface area contributed by atoms with Crippen LogP contribution in [-0.4, -0.2) is 4.57 Å². The highest BCUT2D eigenvalue weighted by Crippen LogP contribution is 2.47. The van der Waals surface area contributed by atoms with Gasteiger partial charge in [0, 0.05) is 58.8 Å². The summed E-state index contributed by atoms with van der Waals surface area (Å²) in [4.78, 5) is 2.41. The van der Waals surface area contributed by atoms with E-state index in [9.17, 15) is 0 Å². The predicted molar refractivity (Wildman–Crippen MR) is 229 cm³/mol. The van der Waals surface area contributed by atoms with Crippen LogP contribution in [0.15, 0.2) is 194 Å². The summed E-state index contributed by atoms with van der Waals surface area (Å²) in [5, 5.41) is 10.0. The lowest BCUT2D eigenvalue weighted by Crippen LogP contribution is -2.09. The highest BCUT2D eigenvalue weighted by Gasteiger charge is 2.23. The van der Waals surface area contributed by atoms with Gasteiger partial charge in [0.25, 0.3) is 0 Å². The van der Waals surface area contributed by atoms with Crippen LogP contribution in [-0.2, 0) is 0 Å². The third-order valence-electron chi connectivity index (χ3n) is 10.7. The van der Waals surface area contributed by atoms with Crippen LogP contribution in [0.25, 0.3) is 80.3 Å². The number of nitrogens with zero attached hydrogens (tertiary/aromatic N) is 2. The maximum Gasteiger partial charge on any atom is 0.0625 e. The maximum atomic E-state index is 2.52. The topological polar surface area (TPSA) is 8.17 Å². The number of para-hydroxylation sites is 1. The van der Waals surface area contributed by atoms with Gasteiger partial charge in [-0.1, -0.05) is 133 Å². The molecule has 248 valence electrons. The van der Waals surface area contributed by atoms with Crippen LogP contribution in [0.3, 0.4) is 0 Å². The van der Waals surface area contributed by atoms with E-state index in [0.717, 1.165) is 17.1 Å². The van der Waals surface area contributed by atoms with Crippen molar-refractivity contribution in [3.8, 4) is 16.8 Å². The number of thiophene rings is 1. The Kier molecular flexibility index (Phi) is 6.76. The summed E-state index contributed by atoms with van der Waals surface area (Å²) in [6.45, 7) is 0. The molecule has 0 radical (unpaired) electrons. The molecule has 2 aromatic heterocycles. The van der Waals surface area contributed by atoms with Gasteiger partial charge in [-0.15, -0.1) is 11.3 Å². The van der Waals surface area contributed by atoms with Gasteiger partial charge in [0.2, 0.25) is 0 Å². The monoisotopic (exact) mass is 692 g/mol. The summed E-state index contributed by atoms with van der Waals surface area (Å²) in [6, 6.07) is 71.0. The molecule has 0 fully saturated rings.